The zero-order valence-electron chi connectivity index (χ0n) is 15.5. The number of halogens is 4. The third-order valence-corrected chi connectivity index (χ3v) is 5.72. The number of piperazine rings is 1. The second-order valence-corrected chi connectivity index (χ2v) is 7.99. The highest BCUT2D eigenvalue weighted by atomic mass is 35.5. The van der Waals surface area contributed by atoms with Gasteiger partial charge in [0.05, 0.1) is 10.6 Å². The molecule has 0 saturated carbocycles. The van der Waals surface area contributed by atoms with Gasteiger partial charge >= 0.3 is 6.61 Å². The first-order valence-corrected chi connectivity index (χ1v) is 10.1. The molecule has 11 heteroatoms. The summed E-state index contributed by atoms with van der Waals surface area (Å²) >= 11 is 0. The summed E-state index contributed by atoms with van der Waals surface area (Å²) in [6.07, 6.45) is 0. The number of aryl methyl sites for hydroxylation is 1. The number of nitrogens with one attached hydrogen (secondary N) is 2. The molecule has 0 aromatic heterocycles. The van der Waals surface area contributed by atoms with E-state index in [1.54, 1.807) is 12.1 Å². The Balaban J connectivity index is 0.00000300. The lowest BCUT2D eigenvalue weighted by molar-refractivity contribution is -0.0494. The molecule has 1 heterocycles. The lowest BCUT2D eigenvalue weighted by Crippen LogP contribution is -2.43. The molecule has 0 spiro atoms. The molecule has 0 amide bonds. The van der Waals surface area contributed by atoms with Gasteiger partial charge in [0.25, 0.3) is 10.0 Å². The van der Waals surface area contributed by atoms with Crippen molar-refractivity contribution >= 4 is 33.8 Å². The molecule has 1 aliphatic heterocycles. The Morgan fingerprint density at radius 2 is 1.83 bits per heavy atom. The molecule has 1 saturated heterocycles. The van der Waals surface area contributed by atoms with Gasteiger partial charge in [-0.3, -0.25) is 4.72 Å². The number of sulfonamides is 1. The van der Waals surface area contributed by atoms with Gasteiger partial charge in [-0.05, 0) is 36.8 Å². The number of ether oxygens (including phenoxy) is 1. The summed E-state index contributed by atoms with van der Waals surface area (Å²) in [6.45, 7) is 1.72. The van der Waals surface area contributed by atoms with E-state index in [0.29, 0.717) is 6.07 Å². The van der Waals surface area contributed by atoms with Crippen LogP contribution in [0, 0.1) is 12.7 Å². The Labute approximate surface area is 173 Å². The number of anilines is 2. The Kier molecular flexibility index (Phi) is 7.61. The van der Waals surface area contributed by atoms with Crippen molar-refractivity contribution in [1.82, 2.24) is 5.32 Å². The zero-order chi connectivity index (χ0) is 20.3. The van der Waals surface area contributed by atoms with Gasteiger partial charge in [-0.15, -0.1) is 12.4 Å². The molecule has 6 nitrogen and oxygen atoms in total. The molecule has 0 atom stereocenters. The predicted molar refractivity (Wildman–Crippen MR) is 107 cm³/mol. The molecule has 2 aromatic carbocycles. The molecule has 1 aliphatic rings. The fourth-order valence-corrected chi connectivity index (χ4v) is 4.07. The van der Waals surface area contributed by atoms with E-state index in [1.165, 1.54) is 6.07 Å². The summed E-state index contributed by atoms with van der Waals surface area (Å²) in [5, 5.41) is 3.23. The maximum absolute atomic E-state index is 13.3. The summed E-state index contributed by atoms with van der Waals surface area (Å²) in [4.78, 5) is 2.05. The number of alkyl halides is 2. The molecule has 3 rings (SSSR count). The maximum Gasteiger partial charge on any atom is 0.387 e. The van der Waals surface area contributed by atoms with E-state index in [2.05, 4.69) is 19.7 Å². The average molecular weight is 452 g/mol. The number of nitrogens with zero attached hydrogens (tertiary/aromatic N) is 1. The van der Waals surface area contributed by atoms with Gasteiger partial charge in [-0.25, -0.2) is 12.8 Å². The van der Waals surface area contributed by atoms with Crippen LogP contribution in [0.2, 0.25) is 0 Å². The van der Waals surface area contributed by atoms with E-state index in [4.69, 9.17) is 0 Å². The van der Waals surface area contributed by atoms with Crippen molar-refractivity contribution in [2.24, 2.45) is 0 Å². The summed E-state index contributed by atoms with van der Waals surface area (Å²) in [5.74, 6) is -1.41. The van der Waals surface area contributed by atoms with Gasteiger partial charge in [0.15, 0.2) is 5.75 Å². The third kappa shape index (κ3) is 5.68. The van der Waals surface area contributed by atoms with Crippen molar-refractivity contribution in [3.8, 4) is 5.75 Å². The second-order valence-electron chi connectivity index (χ2n) is 6.31. The van der Waals surface area contributed by atoms with Gasteiger partial charge in [0, 0.05) is 37.9 Å². The maximum atomic E-state index is 13.3. The molecule has 0 unspecified atom stereocenters. The highest BCUT2D eigenvalue weighted by Gasteiger charge is 2.21. The Morgan fingerprint density at radius 3 is 2.48 bits per heavy atom. The van der Waals surface area contributed by atoms with Crippen LogP contribution in [-0.2, 0) is 10.0 Å². The lowest BCUT2D eigenvalue weighted by Gasteiger charge is -2.31. The van der Waals surface area contributed by atoms with Gasteiger partial charge in [-0.1, -0.05) is 6.07 Å². The summed E-state index contributed by atoms with van der Waals surface area (Å²) < 4.78 is 70.5. The first kappa shape index (κ1) is 23.1. The summed E-state index contributed by atoms with van der Waals surface area (Å²) in [6, 6.07) is 7.35. The van der Waals surface area contributed by atoms with Crippen LogP contribution in [0.3, 0.4) is 0 Å². The Hall–Kier alpha value is -2.17. The van der Waals surface area contributed by atoms with Crippen LogP contribution in [0.1, 0.15) is 5.56 Å². The number of hydrogen-bond acceptors (Lipinski definition) is 5. The van der Waals surface area contributed by atoms with Crippen LogP contribution < -0.4 is 19.7 Å². The predicted octanol–water partition coefficient (Wildman–Crippen LogP) is 3.37. The molecule has 29 heavy (non-hydrogen) atoms. The van der Waals surface area contributed by atoms with Crippen molar-refractivity contribution in [2.75, 3.05) is 35.8 Å². The van der Waals surface area contributed by atoms with E-state index >= 15 is 0 Å². The number of rotatable bonds is 6. The van der Waals surface area contributed by atoms with Gasteiger partial charge in [0.1, 0.15) is 5.82 Å². The Bertz CT molecular complexity index is 955. The van der Waals surface area contributed by atoms with E-state index < -0.39 is 28.2 Å². The van der Waals surface area contributed by atoms with Crippen LogP contribution in [0.25, 0.3) is 0 Å². The van der Waals surface area contributed by atoms with Crippen LogP contribution in [-0.4, -0.2) is 41.2 Å². The van der Waals surface area contributed by atoms with E-state index in [-0.39, 0.29) is 23.0 Å². The van der Waals surface area contributed by atoms with Crippen LogP contribution in [0.5, 0.6) is 5.75 Å². The third-order valence-electron chi connectivity index (χ3n) is 4.35. The van der Waals surface area contributed by atoms with E-state index in [1.807, 2.05) is 6.92 Å². The number of benzene rings is 2. The smallest absolute Gasteiger partial charge is 0.387 e. The molecular formula is C18H21ClF3N3O3S. The van der Waals surface area contributed by atoms with E-state index in [0.717, 1.165) is 49.6 Å². The minimum atomic E-state index is -4.10. The van der Waals surface area contributed by atoms with Crippen molar-refractivity contribution < 1.29 is 26.3 Å². The van der Waals surface area contributed by atoms with Gasteiger partial charge in [0.2, 0.25) is 0 Å². The highest BCUT2D eigenvalue weighted by molar-refractivity contribution is 7.92. The molecule has 160 valence electrons. The lowest BCUT2D eigenvalue weighted by atomic mass is 10.1. The topological polar surface area (TPSA) is 70.7 Å². The van der Waals surface area contributed by atoms with Crippen LogP contribution in [0.4, 0.5) is 24.5 Å². The molecule has 2 N–H and O–H groups in total. The van der Waals surface area contributed by atoms with Crippen molar-refractivity contribution in [3.63, 3.8) is 0 Å². The van der Waals surface area contributed by atoms with Gasteiger partial charge in [-0.2, -0.15) is 8.78 Å². The Morgan fingerprint density at radius 1 is 1.14 bits per heavy atom. The van der Waals surface area contributed by atoms with Crippen molar-refractivity contribution in [1.29, 1.82) is 0 Å². The average Bonchev–Trinajstić information content (AvgIpc) is 2.64. The van der Waals surface area contributed by atoms with Crippen molar-refractivity contribution in [2.45, 2.75) is 18.4 Å². The molecular weight excluding hydrogens is 431 g/mol. The molecule has 0 bridgehead atoms. The summed E-state index contributed by atoms with van der Waals surface area (Å²) in [5.41, 5.74) is 1.43. The standard InChI is InChI=1S/C18H20F3N3O3S.ClH/c1-12-2-4-14(11-16(12)24-8-6-22-7-9-24)28(25,26)23-15-5-3-13(19)10-17(15)27-18(20)21;/h2-5,10-11,18,22-23H,6-9H2,1H3;1H. The van der Waals surface area contributed by atoms with Crippen molar-refractivity contribution in [3.05, 3.63) is 47.8 Å². The fraction of sp³-hybridized carbons (Fsp3) is 0.333. The minimum absolute atomic E-state index is 0. The summed E-state index contributed by atoms with van der Waals surface area (Å²) in [7, 11) is -4.10. The largest absolute Gasteiger partial charge is 0.432 e. The normalized spacial score (nSPS) is 14.4. The fourth-order valence-electron chi connectivity index (χ4n) is 2.98. The first-order chi connectivity index (χ1) is 13.3. The minimum Gasteiger partial charge on any atom is -0.432 e. The van der Waals surface area contributed by atoms with E-state index in [9.17, 15) is 21.6 Å². The quantitative estimate of drug-likeness (QED) is 0.704. The first-order valence-electron chi connectivity index (χ1n) is 8.60. The van der Waals surface area contributed by atoms with Crippen LogP contribution >= 0.6 is 12.4 Å². The second kappa shape index (κ2) is 9.55. The molecule has 0 aliphatic carbocycles. The SMILES string of the molecule is Cc1ccc(S(=O)(=O)Nc2ccc(F)cc2OC(F)F)cc1N1CCNCC1.Cl. The molecule has 0 radical (unpaired) electrons. The number of hydrogen-bond donors (Lipinski definition) is 2. The van der Waals surface area contributed by atoms with Crippen LogP contribution in [0.15, 0.2) is 41.3 Å². The van der Waals surface area contributed by atoms with Gasteiger partial charge < -0.3 is 15.0 Å². The molecule has 2 aromatic rings. The monoisotopic (exact) mass is 451 g/mol. The zero-order valence-corrected chi connectivity index (χ0v) is 17.1. The highest BCUT2D eigenvalue weighted by Crippen LogP contribution is 2.31. The molecule has 1 fully saturated rings.